The molecule has 0 bridgehead atoms. The number of hydrogen-bond donors (Lipinski definition) is 1. The second kappa shape index (κ2) is 7.71. The number of nitrogens with one attached hydrogen (secondary N) is 1. The van der Waals surface area contributed by atoms with E-state index < -0.39 is 0 Å². The van der Waals surface area contributed by atoms with E-state index in [2.05, 4.69) is 10.2 Å². The van der Waals surface area contributed by atoms with E-state index in [4.69, 9.17) is 4.74 Å². The molecule has 0 unspecified atom stereocenters. The summed E-state index contributed by atoms with van der Waals surface area (Å²) in [6, 6.07) is 0.753. The highest BCUT2D eigenvalue weighted by Crippen LogP contribution is 2.07. The SMILES string of the molecule is C1CN[C@H](CN2CCOCC2)C1.Cl.Cl. The van der Waals surface area contributed by atoms with E-state index in [1.165, 1.54) is 25.9 Å². The molecule has 0 aromatic carbocycles. The van der Waals surface area contributed by atoms with Gasteiger partial charge in [-0.3, -0.25) is 4.90 Å². The summed E-state index contributed by atoms with van der Waals surface area (Å²) < 4.78 is 5.30. The van der Waals surface area contributed by atoms with Gasteiger partial charge in [0.05, 0.1) is 13.2 Å². The maximum absolute atomic E-state index is 5.30. The molecular formula is C9H20Cl2N2O. The van der Waals surface area contributed by atoms with Crippen LogP contribution in [0.5, 0.6) is 0 Å². The standard InChI is InChI=1S/C9H18N2O.2ClH/c1-2-9(10-3-1)8-11-4-6-12-7-5-11;;/h9-10H,1-8H2;2*1H/t9-;;/m0../s1. The van der Waals surface area contributed by atoms with Crippen molar-refractivity contribution < 1.29 is 4.74 Å². The predicted octanol–water partition coefficient (Wildman–Crippen LogP) is 0.914. The second-order valence-electron chi connectivity index (χ2n) is 3.71. The highest BCUT2D eigenvalue weighted by atomic mass is 35.5. The van der Waals surface area contributed by atoms with Crippen molar-refractivity contribution in [3.8, 4) is 0 Å². The van der Waals surface area contributed by atoms with Gasteiger partial charge < -0.3 is 10.1 Å². The van der Waals surface area contributed by atoms with Crippen molar-refractivity contribution >= 4 is 24.8 Å². The Morgan fingerprint density at radius 1 is 1.21 bits per heavy atom. The van der Waals surface area contributed by atoms with Crippen LogP contribution in [0.3, 0.4) is 0 Å². The van der Waals surface area contributed by atoms with Crippen LogP contribution in [0.1, 0.15) is 12.8 Å². The van der Waals surface area contributed by atoms with Gasteiger partial charge in [-0.25, -0.2) is 0 Å². The molecule has 0 aliphatic carbocycles. The molecule has 1 atom stereocenters. The Kier molecular flexibility index (Phi) is 7.97. The minimum atomic E-state index is 0. The molecule has 5 heteroatoms. The van der Waals surface area contributed by atoms with E-state index in [0.717, 1.165) is 32.3 Å². The van der Waals surface area contributed by atoms with Crippen molar-refractivity contribution in [2.45, 2.75) is 18.9 Å². The summed E-state index contributed by atoms with van der Waals surface area (Å²) in [5, 5.41) is 3.52. The molecule has 0 aromatic rings. The first-order chi connectivity index (χ1) is 5.95. The molecule has 0 amide bonds. The smallest absolute Gasteiger partial charge is 0.0594 e. The van der Waals surface area contributed by atoms with Gasteiger partial charge in [-0.1, -0.05) is 0 Å². The van der Waals surface area contributed by atoms with Gasteiger partial charge in [0, 0.05) is 25.7 Å². The van der Waals surface area contributed by atoms with Crippen molar-refractivity contribution in [1.29, 1.82) is 0 Å². The molecule has 14 heavy (non-hydrogen) atoms. The zero-order valence-corrected chi connectivity index (χ0v) is 10.0. The average molecular weight is 243 g/mol. The first-order valence-corrected chi connectivity index (χ1v) is 4.98. The van der Waals surface area contributed by atoms with Crippen molar-refractivity contribution in [1.82, 2.24) is 10.2 Å². The Labute approximate surface area is 98.4 Å². The van der Waals surface area contributed by atoms with Crippen LogP contribution in [-0.2, 0) is 4.74 Å². The van der Waals surface area contributed by atoms with E-state index in [1.54, 1.807) is 0 Å². The molecule has 1 N–H and O–H groups in total. The number of halogens is 2. The van der Waals surface area contributed by atoms with Gasteiger partial charge in [0.1, 0.15) is 0 Å². The zero-order chi connectivity index (χ0) is 8.23. The normalized spacial score (nSPS) is 27.9. The molecular weight excluding hydrogens is 223 g/mol. The van der Waals surface area contributed by atoms with Gasteiger partial charge in [0.25, 0.3) is 0 Å². The molecule has 86 valence electrons. The van der Waals surface area contributed by atoms with Gasteiger partial charge >= 0.3 is 0 Å². The third-order valence-electron chi connectivity index (χ3n) is 2.74. The fourth-order valence-electron chi connectivity index (χ4n) is 2.01. The fourth-order valence-corrected chi connectivity index (χ4v) is 2.01. The molecule has 0 saturated carbocycles. The molecule has 3 nitrogen and oxygen atoms in total. The Morgan fingerprint density at radius 3 is 2.50 bits per heavy atom. The average Bonchev–Trinajstić information content (AvgIpc) is 2.59. The molecule has 0 aromatic heterocycles. The lowest BCUT2D eigenvalue weighted by Gasteiger charge is -2.28. The number of rotatable bonds is 2. The van der Waals surface area contributed by atoms with Crippen LogP contribution in [0.15, 0.2) is 0 Å². The largest absolute Gasteiger partial charge is 0.379 e. The molecule has 2 rings (SSSR count). The van der Waals surface area contributed by atoms with Gasteiger partial charge in [0.2, 0.25) is 0 Å². The van der Waals surface area contributed by atoms with Crippen molar-refractivity contribution in [3.63, 3.8) is 0 Å². The van der Waals surface area contributed by atoms with Crippen molar-refractivity contribution in [2.75, 3.05) is 39.4 Å². The number of hydrogen-bond acceptors (Lipinski definition) is 3. The summed E-state index contributed by atoms with van der Waals surface area (Å²) in [5.41, 5.74) is 0. The molecule has 2 fully saturated rings. The summed E-state index contributed by atoms with van der Waals surface area (Å²) in [6.07, 6.45) is 2.71. The number of ether oxygens (including phenoxy) is 1. The Hall–Kier alpha value is 0.460. The molecule has 0 radical (unpaired) electrons. The maximum atomic E-state index is 5.30. The quantitative estimate of drug-likeness (QED) is 0.780. The Balaban J connectivity index is 0.000000845. The Morgan fingerprint density at radius 2 is 1.93 bits per heavy atom. The molecule has 2 aliphatic rings. The van der Waals surface area contributed by atoms with E-state index in [-0.39, 0.29) is 24.8 Å². The first-order valence-electron chi connectivity index (χ1n) is 4.98. The van der Waals surface area contributed by atoms with Crippen molar-refractivity contribution in [2.24, 2.45) is 0 Å². The molecule has 2 aliphatic heterocycles. The van der Waals surface area contributed by atoms with Crippen LogP contribution in [0.2, 0.25) is 0 Å². The lowest BCUT2D eigenvalue weighted by atomic mass is 10.2. The van der Waals surface area contributed by atoms with E-state index in [1.807, 2.05) is 0 Å². The van der Waals surface area contributed by atoms with Gasteiger partial charge in [-0.05, 0) is 19.4 Å². The number of nitrogens with zero attached hydrogens (tertiary/aromatic N) is 1. The van der Waals surface area contributed by atoms with Gasteiger partial charge in [0.15, 0.2) is 0 Å². The van der Waals surface area contributed by atoms with Crippen LogP contribution >= 0.6 is 24.8 Å². The molecule has 2 heterocycles. The van der Waals surface area contributed by atoms with Crippen molar-refractivity contribution in [3.05, 3.63) is 0 Å². The fraction of sp³-hybridized carbons (Fsp3) is 1.00. The summed E-state index contributed by atoms with van der Waals surface area (Å²) in [5.74, 6) is 0. The van der Waals surface area contributed by atoms with Crippen LogP contribution < -0.4 is 5.32 Å². The van der Waals surface area contributed by atoms with Crippen LogP contribution in [-0.4, -0.2) is 50.3 Å². The molecule has 2 saturated heterocycles. The van der Waals surface area contributed by atoms with Crippen LogP contribution in [0, 0.1) is 0 Å². The van der Waals surface area contributed by atoms with E-state index >= 15 is 0 Å². The molecule has 0 spiro atoms. The van der Waals surface area contributed by atoms with Gasteiger partial charge in [-0.15, -0.1) is 24.8 Å². The first kappa shape index (κ1) is 14.5. The summed E-state index contributed by atoms with van der Waals surface area (Å²) >= 11 is 0. The highest BCUT2D eigenvalue weighted by molar-refractivity contribution is 5.85. The monoisotopic (exact) mass is 242 g/mol. The summed E-state index contributed by atoms with van der Waals surface area (Å²) in [4.78, 5) is 2.51. The topological polar surface area (TPSA) is 24.5 Å². The third kappa shape index (κ3) is 4.32. The second-order valence-corrected chi connectivity index (χ2v) is 3.71. The van der Waals surface area contributed by atoms with Crippen LogP contribution in [0.25, 0.3) is 0 Å². The minimum Gasteiger partial charge on any atom is -0.379 e. The summed E-state index contributed by atoms with van der Waals surface area (Å²) in [7, 11) is 0. The predicted molar refractivity (Wildman–Crippen MR) is 62.8 cm³/mol. The van der Waals surface area contributed by atoms with Crippen LogP contribution in [0.4, 0.5) is 0 Å². The van der Waals surface area contributed by atoms with E-state index in [0.29, 0.717) is 0 Å². The Bertz CT molecular complexity index is 137. The minimum absolute atomic E-state index is 0. The third-order valence-corrected chi connectivity index (χ3v) is 2.74. The zero-order valence-electron chi connectivity index (χ0n) is 8.41. The van der Waals surface area contributed by atoms with Gasteiger partial charge in [-0.2, -0.15) is 0 Å². The number of morpholine rings is 1. The maximum Gasteiger partial charge on any atom is 0.0594 e. The lowest BCUT2D eigenvalue weighted by molar-refractivity contribution is 0.0344. The highest BCUT2D eigenvalue weighted by Gasteiger charge is 2.18. The van der Waals surface area contributed by atoms with E-state index in [9.17, 15) is 0 Å². The summed E-state index contributed by atoms with van der Waals surface area (Å²) in [6.45, 7) is 6.54. The lowest BCUT2D eigenvalue weighted by Crippen LogP contribution is -2.43.